The predicted octanol–water partition coefficient (Wildman–Crippen LogP) is 4.13. The van der Waals surface area contributed by atoms with E-state index in [4.69, 9.17) is 4.43 Å². The topological polar surface area (TPSA) is 12.5 Å². The average Bonchev–Trinajstić information content (AvgIpc) is 2.10. The first-order chi connectivity index (χ1) is 7.64. The molecule has 0 saturated heterocycles. The molecule has 3 heteroatoms. The SMILES string of the molecule is CC(CN(C)C)O[Si](C(C)C)(C(C)C)C(C)C. The maximum absolute atomic E-state index is 6.63. The smallest absolute Gasteiger partial charge is 0.200 e. The van der Waals surface area contributed by atoms with Crippen molar-refractivity contribution in [3.8, 4) is 0 Å². The lowest BCUT2D eigenvalue weighted by Crippen LogP contribution is -2.51. The van der Waals surface area contributed by atoms with Gasteiger partial charge in [0.05, 0.1) is 6.10 Å². The van der Waals surface area contributed by atoms with E-state index in [0.717, 1.165) is 6.54 Å². The molecule has 0 aromatic heterocycles. The molecule has 0 N–H and O–H groups in total. The zero-order chi connectivity index (χ0) is 13.8. The predicted molar refractivity (Wildman–Crippen MR) is 80.1 cm³/mol. The lowest BCUT2D eigenvalue weighted by atomic mass is 10.4. The largest absolute Gasteiger partial charge is 0.412 e. The zero-order valence-electron chi connectivity index (χ0n) is 13.4. The molecule has 104 valence electrons. The van der Waals surface area contributed by atoms with Gasteiger partial charge in [-0.2, -0.15) is 0 Å². The van der Waals surface area contributed by atoms with E-state index in [1.807, 2.05) is 0 Å². The van der Waals surface area contributed by atoms with E-state index < -0.39 is 8.32 Å². The fourth-order valence-corrected chi connectivity index (χ4v) is 8.90. The Morgan fingerprint density at radius 2 is 1.18 bits per heavy atom. The van der Waals surface area contributed by atoms with Crippen LogP contribution >= 0.6 is 0 Å². The molecule has 0 radical (unpaired) electrons. The molecule has 0 rings (SSSR count). The molecule has 0 aliphatic carbocycles. The van der Waals surface area contributed by atoms with Crippen molar-refractivity contribution in [2.75, 3.05) is 20.6 Å². The first-order valence-electron chi connectivity index (χ1n) is 6.97. The number of hydrogen-bond acceptors (Lipinski definition) is 2. The van der Waals surface area contributed by atoms with Crippen molar-refractivity contribution in [2.24, 2.45) is 0 Å². The van der Waals surface area contributed by atoms with E-state index in [2.05, 4.69) is 67.5 Å². The molecule has 0 aliphatic rings. The van der Waals surface area contributed by atoms with Gasteiger partial charge < -0.3 is 9.33 Å². The molecule has 1 unspecified atom stereocenters. The molecule has 0 fully saturated rings. The Morgan fingerprint density at radius 1 is 0.824 bits per heavy atom. The van der Waals surface area contributed by atoms with Crippen molar-refractivity contribution in [3.05, 3.63) is 0 Å². The maximum Gasteiger partial charge on any atom is 0.200 e. The molecule has 0 aromatic rings. The van der Waals surface area contributed by atoms with Crippen molar-refractivity contribution in [1.29, 1.82) is 0 Å². The molecule has 17 heavy (non-hydrogen) atoms. The minimum atomic E-state index is -1.68. The van der Waals surface area contributed by atoms with E-state index in [-0.39, 0.29) is 0 Å². The van der Waals surface area contributed by atoms with Crippen LogP contribution in [0.25, 0.3) is 0 Å². The lowest BCUT2D eigenvalue weighted by Gasteiger charge is -2.44. The number of rotatable bonds is 7. The van der Waals surface area contributed by atoms with Crippen LogP contribution in [0.4, 0.5) is 0 Å². The Morgan fingerprint density at radius 3 is 1.41 bits per heavy atom. The summed E-state index contributed by atoms with van der Waals surface area (Å²) in [4.78, 5) is 2.21. The maximum atomic E-state index is 6.63. The summed E-state index contributed by atoms with van der Waals surface area (Å²) in [5, 5.41) is 0. The highest BCUT2D eigenvalue weighted by atomic mass is 28.4. The van der Waals surface area contributed by atoms with Gasteiger partial charge in [0.25, 0.3) is 0 Å². The van der Waals surface area contributed by atoms with E-state index >= 15 is 0 Å². The summed E-state index contributed by atoms with van der Waals surface area (Å²) in [5.41, 5.74) is 2.02. The van der Waals surface area contributed by atoms with Crippen LogP contribution in [-0.2, 0) is 4.43 Å². The fourth-order valence-electron chi connectivity index (χ4n) is 3.31. The van der Waals surface area contributed by atoms with E-state index in [0.29, 0.717) is 22.7 Å². The third-order valence-corrected chi connectivity index (χ3v) is 9.96. The van der Waals surface area contributed by atoms with Crippen molar-refractivity contribution >= 4 is 8.32 Å². The van der Waals surface area contributed by atoms with Crippen molar-refractivity contribution in [1.82, 2.24) is 4.90 Å². The first kappa shape index (κ1) is 17.1. The second kappa shape index (κ2) is 6.91. The lowest BCUT2D eigenvalue weighted by molar-refractivity contribution is 0.154. The standard InChI is InChI=1S/C14H33NOSi/c1-11(2)17(12(3)4,13(5)6)16-14(7)10-15(8)9/h11-14H,10H2,1-9H3. The molecule has 0 saturated carbocycles. The molecule has 0 aromatic carbocycles. The van der Waals surface area contributed by atoms with Crippen LogP contribution in [0.15, 0.2) is 0 Å². The monoisotopic (exact) mass is 259 g/mol. The molecular formula is C14H33NOSi. The van der Waals surface area contributed by atoms with Gasteiger partial charge in [0, 0.05) is 6.54 Å². The van der Waals surface area contributed by atoms with Crippen LogP contribution in [0.5, 0.6) is 0 Å². The van der Waals surface area contributed by atoms with Gasteiger partial charge in [-0.05, 0) is 37.6 Å². The fraction of sp³-hybridized carbons (Fsp3) is 1.00. The molecule has 0 heterocycles. The molecule has 0 bridgehead atoms. The average molecular weight is 260 g/mol. The van der Waals surface area contributed by atoms with Crippen LogP contribution in [0.3, 0.4) is 0 Å². The van der Waals surface area contributed by atoms with Crippen molar-refractivity contribution in [2.45, 2.75) is 71.2 Å². The van der Waals surface area contributed by atoms with Gasteiger partial charge in [0.15, 0.2) is 0 Å². The van der Waals surface area contributed by atoms with Crippen molar-refractivity contribution in [3.63, 3.8) is 0 Å². The molecule has 1 atom stereocenters. The second-order valence-electron chi connectivity index (χ2n) is 6.51. The van der Waals surface area contributed by atoms with Crippen LogP contribution in [0.2, 0.25) is 16.6 Å². The van der Waals surface area contributed by atoms with E-state index in [1.54, 1.807) is 0 Å². The Balaban J connectivity index is 4.92. The summed E-state index contributed by atoms with van der Waals surface area (Å²) < 4.78 is 6.63. The van der Waals surface area contributed by atoms with Gasteiger partial charge in [-0.3, -0.25) is 0 Å². The van der Waals surface area contributed by atoms with E-state index in [9.17, 15) is 0 Å². The highest BCUT2D eigenvalue weighted by molar-refractivity contribution is 6.77. The van der Waals surface area contributed by atoms with Gasteiger partial charge in [0.2, 0.25) is 8.32 Å². The highest BCUT2D eigenvalue weighted by Crippen LogP contribution is 2.42. The quantitative estimate of drug-likeness (QED) is 0.638. The van der Waals surface area contributed by atoms with Crippen LogP contribution < -0.4 is 0 Å². The van der Waals surface area contributed by atoms with Crippen LogP contribution in [-0.4, -0.2) is 40.0 Å². The third-order valence-electron chi connectivity index (χ3n) is 3.73. The third kappa shape index (κ3) is 4.38. The Labute approximate surface area is 110 Å². The normalized spacial score (nSPS) is 15.4. The summed E-state index contributed by atoms with van der Waals surface area (Å²) in [6.45, 7) is 17.3. The number of nitrogens with zero attached hydrogens (tertiary/aromatic N) is 1. The molecule has 0 spiro atoms. The van der Waals surface area contributed by atoms with Gasteiger partial charge in [-0.1, -0.05) is 41.5 Å². The molecule has 0 amide bonds. The van der Waals surface area contributed by atoms with Crippen molar-refractivity contribution < 1.29 is 4.43 Å². The minimum absolute atomic E-state index is 0.337. The molecule has 2 nitrogen and oxygen atoms in total. The Hall–Kier alpha value is 0.137. The second-order valence-corrected chi connectivity index (χ2v) is 11.9. The highest BCUT2D eigenvalue weighted by Gasteiger charge is 2.45. The number of hydrogen-bond donors (Lipinski definition) is 0. The summed E-state index contributed by atoms with van der Waals surface area (Å²) in [6, 6.07) is 0. The minimum Gasteiger partial charge on any atom is -0.412 e. The van der Waals surface area contributed by atoms with Crippen LogP contribution in [0.1, 0.15) is 48.5 Å². The van der Waals surface area contributed by atoms with Gasteiger partial charge in [-0.25, -0.2) is 0 Å². The number of likely N-dealkylation sites (N-methyl/N-ethyl adjacent to an activating group) is 1. The van der Waals surface area contributed by atoms with Crippen LogP contribution in [0, 0.1) is 0 Å². The first-order valence-corrected chi connectivity index (χ1v) is 9.11. The van der Waals surface area contributed by atoms with Gasteiger partial charge in [0.1, 0.15) is 0 Å². The zero-order valence-corrected chi connectivity index (χ0v) is 14.4. The van der Waals surface area contributed by atoms with Gasteiger partial charge >= 0.3 is 0 Å². The molecule has 0 aliphatic heterocycles. The Bertz CT molecular complexity index is 192. The summed E-state index contributed by atoms with van der Waals surface area (Å²) in [6.07, 6.45) is 0.337. The van der Waals surface area contributed by atoms with Gasteiger partial charge in [-0.15, -0.1) is 0 Å². The Kier molecular flexibility index (Phi) is 6.96. The summed E-state index contributed by atoms with van der Waals surface area (Å²) in [5.74, 6) is 0. The molecular weight excluding hydrogens is 226 g/mol. The summed E-state index contributed by atoms with van der Waals surface area (Å²) >= 11 is 0. The summed E-state index contributed by atoms with van der Waals surface area (Å²) in [7, 11) is 2.54. The van der Waals surface area contributed by atoms with E-state index in [1.165, 1.54) is 0 Å².